The number of epoxide rings is 1. The van der Waals surface area contributed by atoms with Crippen molar-refractivity contribution in [2.75, 3.05) is 6.61 Å². The van der Waals surface area contributed by atoms with Crippen LogP contribution in [0.15, 0.2) is 11.6 Å². The molecule has 0 bridgehead atoms. The van der Waals surface area contributed by atoms with Crippen LogP contribution >= 0.6 is 0 Å². The number of fused-ring (bicyclic) bond motifs is 5. The molecule has 5 rings (SSSR count). The standard InChI is InChI=1S/C26H42O4Si/c1-17(27)29-19-11-13-24(2)18(15-19)7-8-20-21-9-10-23(25(21,3)14-12-22(20)24)26(16-28-26)30-31(4,5)6/h9,18-20,22-23H,7-8,10-16H2,1-6H3/t18-,19-,20-,22-,23-,24-,25-,26?/m0/s1. The van der Waals surface area contributed by atoms with Crippen LogP contribution in [0.25, 0.3) is 0 Å². The summed E-state index contributed by atoms with van der Waals surface area (Å²) in [5.41, 5.74) is 2.36. The molecule has 174 valence electrons. The zero-order valence-corrected chi connectivity index (χ0v) is 21.5. The Kier molecular flexibility index (Phi) is 5.12. The summed E-state index contributed by atoms with van der Waals surface area (Å²) >= 11 is 0. The summed E-state index contributed by atoms with van der Waals surface area (Å²) in [5, 5.41) is 0. The van der Waals surface area contributed by atoms with Gasteiger partial charge in [0.15, 0.2) is 14.1 Å². The lowest BCUT2D eigenvalue weighted by Crippen LogP contribution is -2.53. The van der Waals surface area contributed by atoms with Gasteiger partial charge in [0.2, 0.25) is 0 Å². The van der Waals surface area contributed by atoms with E-state index >= 15 is 0 Å². The van der Waals surface area contributed by atoms with Gasteiger partial charge in [0, 0.05) is 12.8 Å². The van der Waals surface area contributed by atoms with E-state index in [-0.39, 0.29) is 23.3 Å². The molecule has 0 spiro atoms. The van der Waals surface area contributed by atoms with Crippen LogP contribution in [0.5, 0.6) is 0 Å². The molecule has 3 saturated carbocycles. The second-order valence-corrected chi connectivity index (χ2v) is 17.1. The van der Waals surface area contributed by atoms with Crippen LogP contribution in [0.3, 0.4) is 0 Å². The number of hydrogen-bond acceptors (Lipinski definition) is 4. The summed E-state index contributed by atoms with van der Waals surface area (Å²) in [6, 6.07) is 0. The van der Waals surface area contributed by atoms with E-state index in [1.54, 1.807) is 12.5 Å². The first-order valence-corrected chi connectivity index (χ1v) is 16.1. The highest BCUT2D eigenvalue weighted by atomic mass is 28.4. The van der Waals surface area contributed by atoms with E-state index in [0.717, 1.165) is 37.7 Å². The van der Waals surface area contributed by atoms with Crippen molar-refractivity contribution >= 4 is 14.3 Å². The fraction of sp³-hybridized carbons (Fsp3) is 0.885. The molecule has 4 fully saturated rings. The van der Waals surface area contributed by atoms with Gasteiger partial charge in [0.05, 0.1) is 0 Å². The zero-order valence-electron chi connectivity index (χ0n) is 20.5. The minimum Gasteiger partial charge on any atom is -0.463 e. The maximum Gasteiger partial charge on any atom is 0.302 e. The molecule has 8 atom stereocenters. The Hall–Kier alpha value is -0.653. The number of allylic oxidation sites excluding steroid dienone is 2. The van der Waals surface area contributed by atoms with Crippen molar-refractivity contribution in [2.24, 2.45) is 34.5 Å². The number of esters is 1. The van der Waals surface area contributed by atoms with Gasteiger partial charge in [0.25, 0.3) is 0 Å². The molecule has 0 N–H and O–H groups in total. The number of hydrogen-bond donors (Lipinski definition) is 0. The van der Waals surface area contributed by atoms with Crippen molar-refractivity contribution in [1.82, 2.24) is 0 Å². The fourth-order valence-corrected chi connectivity index (χ4v) is 9.77. The number of carbonyl (C=O) groups excluding carboxylic acids is 1. The molecular formula is C26H42O4Si. The van der Waals surface area contributed by atoms with Gasteiger partial charge < -0.3 is 13.9 Å². The summed E-state index contributed by atoms with van der Waals surface area (Å²) in [5.74, 6) is 2.24. The van der Waals surface area contributed by atoms with Crippen molar-refractivity contribution in [3.63, 3.8) is 0 Å². The zero-order chi connectivity index (χ0) is 22.2. The van der Waals surface area contributed by atoms with E-state index in [0.29, 0.717) is 17.3 Å². The van der Waals surface area contributed by atoms with E-state index in [4.69, 9.17) is 13.9 Å². The van der Waals surface area contributed by atoms with Crippen molar-refractivity contribution in [3.8, 4) is 0 Å². The van der Waals surface area contributed by atoms with Crippen LogP contribution in [0.4, 0.5) is 0 Å². The molecule has 0 aromatic rings. The summed E-state index contributed by atoms with van der Waals surface area (Å²) in [6.07, 6.45) is 12.3. The van der Waals surface area contributed by atoms with Crippen LogP contribution < -0.4 is 0 Å². The van der Waals surface area contributed by atoms with E-state index in [9.17, 15) is 4.79 Å². The van der Waals surface area contributed by atoms with E-state index in [1.807, 2.05) is 0 Å². The Morgan fingerprint density at radius 3 is 2.52 bits per heavy atom. The Bertz CT molecular complexity index is 781. The van der Waals surface area contributed by atoms with Crippen LogP contribution in [0, 0.1) is 34.5 Å². The highest BCUT2D eigenvalue weighted by molar-refractivity contribution is 6.69. The number of carbonyl (C=O) groups is 1. The van der Waals surface area contributed by atoms with E-state index < -0.39 is 8.32 Å². The molecule has 1 unspecified atom stereocenters. The van der Waals surface area contributed by atoms with Crippen LogP contribution in [-0.2, 0) is 18.7 Å². The molecule has 0 aromatic carbocycles. The molecule has 4 aliphatic carbocycles. The van der Waals surface area contributed by atoms with Crippen molar-refractivity contribution in [2.45, 2.75) is 104 Å². The van der Waals surface area contributed by atoms with Gasteiger partial charge >= 0.3 is 5.97 Å². The lowest BCUT2D eigenvalue weighted by atomic mass is 9.45. The molecule has 1 aliphatic heterocycles. The van der Waals surface area contributed by atoms with Crippen molar-refractivity contribution < 1.29 is 18.7 Å². The number of rotatable bonds is 4. The third-order valence-electron chi connectivity index (χ3n) is 9.79. The largest absolute Gasteiger partial charge is 0.463 e. The number of ether oxygens (including phenoxy) is 2. The first kappa shape index (κ1) is 22.2. The summed E-state index contributed by atoms with van der Waals surface area (Å²) in [7, 11) is -1.66. The Morgan fingerprint density at radius 1 is 1.13 bits per heavy atom. The second-order valence-electron chi connectivity index (χ2n) is 12.7. The first-order chi connectivity index (χ1) is 14.5. The average molecular weight is 447 g/mol. The third kappa shape index (κ3) is 3.58. The third-order valence-corrected chi connectivity index (χ3v) is 10.7. The fourth-order valence-electron chi connectivity index (χ4n) is 8.48. The quantitative estimate of drug-likeness (QED) is 0.227. The summed E-state index contributed by atoms with van der Waals surface area (Å²) in [6.45, 7) is 14.3. The minimum absolute atomic E-state index is 0.116. The molecular weight excluding hydrogens is 404 g/mol. The molecule has 1 saturated heterocycles. The normalized spacial score (nSPS) is 48.8. The van der Waals surface area contributed by atoms with Gasteiger partial charge in [-0.25, -0.2) is 0 Å². The minimum atomic E-state index is -1.66. The molecule has 4 nitrogen and oxygen atoms in total. The predicted molar refractivity (Wildman–Crippen MR) is 124 cm³/mol. The van der Waals surface area contributed by atoms with Gasteiger partial charge in [-0.3, -0.25) is 4.79 Å². The predicted octanol–water partition coefficient (Wildman–Crippen LogP) is 6.08. The van der Waals surface area contributed by atoms with Crippen molar-refractivity contribution in [3.05, 3.63) is 11.6 Å². The monoisotopic (exact) mass is 446 g/mol. The van der Waals surface area contributed by atoms with Gasteiger partial charge in [-0.1, -0.05) is 25.5 Å². The SMILES string of the molecule is CC(=O)O[C@H]1CC[C@@]2(C)[C@@H](CC[C@H]3C4=CC[C@H](C5(O[Si](C)(C)C)CO5)[C@@]4(C)CC[C@@H]32)C1. The van der Waals surface area contributed by atoms with Gasteiger partial charge in [0.1, 0.15) is 12.7 Å². The lowest BCUT2D eigenvalue weighted by molar-refractivity contribution is -0.155. The molecule has 31 heavy (non-hydrogen) atoms. The van der Waals surface area contributed by atoms with Crippen LogP contribution in [0.1, 0.15) is 72.1 Å². The molecule has 0 radical (unpaired) electrons. The molecule has 1 heterocycles. The van der Waals surface area contributed by atoms with Gasteiger partial charge in [-0.15, -0.1) is 0 Å². The smallest absolute Gasteiger partial charge is 0.302 e. The lowest BCUT2D eigenvalue weighted by Gasteiger charge is -2.60. The Labute approximate surface area is 189 Å². The van der Waals surface area contributed by atoms with Gasteiger partial charge in [-0.2, -0.15) is 0 Å². The molecule has 5 heteroatoms. The summed E-state index contributed by atoms with van der Waals surface area (Å²) in [4.78, 5) is 11.5. The van der Waals surface area contributed by atoms with E-state index in [1.165, 1.54) is 32.1 Å². The molecule has 0 amide bonds. The molecule has 0 aromatic heterocycles. The topological polar surface area (TPSA) is 48.1 Å². The van der Waals surface area contributed by atoms with E-state index in [2.05, 4.69) is 39.6 Å². The highest BCUT2D eigenvalue weighted by Crippen LogP contribution is 2.68. The van der Waals surface area contributed by atoms with Crippen LogP contribution in [-0.4, -0.2) is 32.8 Å². The van der Waals surface area contributed by atoms with Crippen molar-refractivity contribution in [1.29, 1.82) is 0 Å². The second kappa shape index (κ2) is 7.17. The maximum absolute atomic E-state index is 11.5. The first-order valence-electron chi connectivity index (χ1n) is 12.7. The molecule has 5 aliphatic rings. The Morgan fingerprint density at radius 2 is 1.87 bits per heavy atom. The maximum atomic E-state index is 11.5. The highest BCUT2D eigenvalue weighted by Gasteiger charge is 2.65. The van der Waals surface area contributed by atoms with Crippen LogP contribution in [0.2, 0.25) is 19.6 Å². The summed E-state index contributed by atoms with van der Waals surface area (Å²) < 4.78 is 18.4. The average Bonchev–Trinajstić information content (AvgIpc) is 3.31. The van der Waals surface area contributed by atoms with Gasteiger partial charge in [-0.05, 0) is 99.6 Å². The Balaban J connectivity index is 1.35.